The maximum absolute atomic E-state index is 11.9. The van der Waals surface area contributed by atoms with Crippen LogP contribution in [0.15, 0.2) is 22.7 Å². The number of carbonyl (C=O) groups is 2. The molecule has 0 bridgehead atoms. The van der Waals surface area contributed by atoms with Gasteiger partial charge >= 0.3 is 0 Å². The molecule has 0 unspecified atom stereocenters. The average molecular weight is 331 g/mol. The highest BCUT2D eigenvalue weighted by molar-refractivity contribution is 9.10. The van der Waals surface area contributed by atoms with Crippen molar-refractivity contribution in [3.63, 3.8) is 0 Å². The number of rotatable bonds is 2. The van der Waals surface area contributed by atoms with Crippen LogP contribution >= 0.6 is 27.5 Å². The van der Waals surface area contributed by atoms with Crippen LogP contribution in [0, 0.1) is 0 Å². The summed E-state index contributed by atoms with van der Waals surface area (Å²) in [5.41, 5.74) is 0.795. The first kappa shape index (κ1) is 13.6. The molecule has 1 fully saturated rings. The molecule has 1 aliphatic rings. The molecule has 1 aromatic carbocycles. The molecule has 2 rings (SSSR count). The molecular formula is C13H13BrClNO2. The van der Waals surface area contributed by atoms with Crippen LogP contribution in [0.25, 0.3) is 0 Å². The van der Waals surface area contributed by atoms with E-state index < -0.39 is 0 Å². The molecule has 0 aliphatic carbocycles. The summed E-state index contributed by atoms with van der Waals surface area (Å²) in [5.74, 6) is -0.201. The smallest absolute Gasteiger partial charge is 0.229 e. The van der Waals surface area contributed by atoms with Crippen molar-refractivity contribution in [2.75, 3.05) is 0 Å². The number of benzene rings is 1. The Labute approximate surface area is 119 Å². The predicted octanol–water partition coefficient (Wildman–Crippen LogP) is 3.53. The lowest BCUT2D eigenvalue weighted by Gasteiger charge is -2.19. The van der Waals surface area contributed by atoms with E-state index in [4.69, 9.17) is 11.6 Å². The third kappa shape index (κ3) is 3.12. The van der Waals surface area contributed by atoms with Crippen LogP contribution in [-0.2, 0) is 16.1 Å². The summed E-state index contributed by atoms with van der Waals surface area (Å²) in [4.78, 5) is 25.0. The van der Waals surface area contributed by atoms with Crippen LogP contribution < -0.4 is 0 Å². The first-order valence-electron chi connectivity index (χ1n) is 5.85. The number of nitrogens with zero attached hydrogens (tertiary/aromatic N) is 1. The second-order valence-electron chi connectivity index (χ2n) is 4.32. The first-order chi connectivity index (χ1) is 8.58. The summed E-state index contributed by atoms with van der Waals surface area (Å²) in [6.07, 6.45) is 2.46. The molecule has 0 aromatic heterocycles. The lowest BCUT2D eigenvalue weighted by atomic mass is 10.2. The highest BCUT2D eigenvalue weighted by Gasteiger charge is 2.24. The zero-order chi connectivity index (χ0) is 13.1. The van der Waals surface area contributed by atoms with Gasteiger partial charge in [0.25, 0.3) is 0 Å². The number of hydrogen-bond acceptors (Lipinski definition) is 2. The van der Waals surface area contributed by atoms with E-state index >= 15 is 0 Å². The SMILES string of the molecule is O=C1CCCCC(=O)N1Cc1ccc(Br)cc1Cl. The van der Waals surface area contributed by atoms with Gasteiger partial charge < -0.3 is 0 Å². The molecule has 0 radical (unpaired) electrons. The maximum Gasteiger partial charge on any atom is 0.229 e. The second kappa shape index (κ2) is 5.85. The third-order valence-electron chi connectivity index (χ3n) is 2.98. The minimum Gasteiger partial charge on any atom is -0.278 e. The van der Waals surface area contributed by atoms with Crippen molar-refractivity contribution in [3.8, 4) is 0 Å². The zero-order valence-corrected chi connectivity index (χ0v) is 12.1. The lowest BCUT2D eigenvalue weighted by Crippen LogP contribution is -2.34. The molecule has 0 atom stereocenters. The van der Waals surface area contributed by atoms with Gasteiger partial charge in [-0.3, -0.25) is 14.5 Å². The Balaban J connectivity index is 2.20. The summed E-state index contributed by atoms with van der Waals surface area (Å²) in [5, 5.41) is 0.564. The monoisotopic (exact) mass is 329 g/mol. The molecule has 2 amide bonds. The normalized spacial score (nSPS) is 16.9. The Morgan fingerprint density at radius 1 is 1.17 bits per heavy atom. The summed E-state index contributed by atoms with van der Waals surface area (Å²) >= 11 is 9.43. The van der Waals surface area contributed by atoms with E-state index in [1.165, 1.54) is 4.90 Å². The Morgan fingerprint density at radius 2 is 1.78 bits per heavy atom. The highest BCUT2D eigenvalue weighted by Crippen LogP contribution is 2.24. The second-order valence-corrected chi connectivity index (χ2v) is 5.64. The number of hydrogen-bond donors (Lipinski definition) is 0. The van der Waals surface area contributed by atoms with Crippen LogP contribution in [0.1, 0.15) is 31.2 Å². The minimum absolute atomic E-state index is 0.100. The molecule has 18 heavy (non-hydrogen) atoms. The molecule has 0 N–H and O–H groups in total. The standard InChI is InChI=1S/C13H13BrClNO2/c14-10-6-5-9(11(15)7-10)8-16-12(17)3-1-2-4-13(16)18/h5-7H,1-4,8H2. The molecule has 1 aliphatic heterocycles. The van der Waals surface area contributed by atoms with Gasteiger partial charge in [0.1, 0.15) is 0 Å². The summed E-state index contributed by atoms with van der Waals surface area (Å²) in [6, 6.07) is 5.45. The van der Waals surface area contributed by atoms with E-state index in [9.17, 15) is 9.59 Å². The van der Waals surface area contributed by atoms with Crippen molar-refractivity contribution in [2.45, 2.75) is 32.2 Å². The number of carbonyl (C=O) groups excluding carboxylic acids is 2. The van der Waals surface area contributed by atoms with Gasteiger partial charge in [-0.2, -0.15) is 0 Å². The van der Waals surface area contributed by atoms with Crippen LogP contribution in [0.2, 0.25) is 5.02 Å². The van der Waals surface area contributed by atoms with Gasteiger partial charge in [0.2, 0.25) is 11.8 Å². The molecule has 96 valence electrons. The van der Waals surface area contributed by atoms with Gasteiger partial charge in [0.05, 0.1) is 6.54 Å². The fourth-order valence-corrected chi connectivity index (χ4v) is 2.69. The van der Waals surface area contributed by atoms with E-state index in [0.717, 1.165) is 22.9 Å². The molecular weight excluding hydrogens is 318 g/mol. The third-order valence-corrected chi connectivity index (χ3v) is 3.82. The number of amides is 2. The van der Waals surface area contributed by atoms with Gasteiger partial charge in [0, 0.05) is 22.3 Å². The fourth-order valence-electron chi connectivity index (χ4n) is 1.96. The van der Waals surface area contributed by atoms with E-state index in [0.29, 0.717) is 17.9 Å². The summed E-state index contributed by atoms with van der Waals surface area (Å²) in [7, 11) is 0. The molecule has 3 nitrogen and oxygen atoms in total. The van der Waals surface area contributed by atoms with Gasteiger partial charge in [-0.15, -0.1) is 0 Å². The predicted molar refractivity (Wildman–Crippen MR) is 73.2 cm³/mol. The van der Waals surface area contributed by atoms with E-state index in [1.807, 2.05) is 12.1 Å². The zero-order valence-electron chi connectivity index (χ0n) is 9.79. The lowest BCUT2D eigenvalue weighted by molar-refractivity contribution is -0.144. The van der Waals surface area contributed by atoms with Crippen LogP contribution in [-0.4, -0.2) is 16.7 Å². The van der Waals surface area contributed by atoms with Crippen molar-refractivity contribution >= 4 is 39.3 Å². The Kier molecular flexibility index (Phi) is 4.40. The number of likely N-dealkylation sites (tertiary alicyclic amines) is 1. The van der Waals surface area contributed by atoms with E-state index in [2.05, 4.69) is 15.9 Å². The molecule has 1 saturated heterocycles. The van der Waals surface area contributed by atoms with Crippen molar-refractivity contribution in [1.29, 1.82) is 0 Å². The Hall–Kier alpha value is -0.870. The minimum atomic E-state index is -0.100. The Bertz CT molecular complexity index is 472. The molecule has 1 aromatic rings. The van der Waals surface area contributed by atoms with E-state index in [-0.39, 0.29) is 18.4 Å². The first-order valence-corrected chi connectivity index (χ1v) is 7.02. The molecule has 5 heteroatoms. The van der Waals surface area contributed by atoms with Crippen molar-refractivity contribution in [2.24, 2.45) is 0 Å². The largest absolute Gasteiger partial charge is 0.278 e. The average Bonchev–Trinajstić information content (AvgIpc) is 2.47. The fraction of sp³-hybridized carbons (Fsp3) is 0.385. The Morgan fingerprint density at radius 3 is 2.33 bits per heavy atom. The van der Waals surface area contributed by atoms with Gasteiger partial charge in [-0.1, -0.05) is 33.6 Å². The maximum atomic E-state index is 11.9. The summed E-state index contributed by atoms with van der Waals surface area (Å²) in [6.45, 7) is 0.268. The van der Waals surface area contributed by atoms with Crippen molar-refractivity contribution in [1.82, 2.24) is 4.90 Å². The highest BCUT2D eigenvalue weighted by atomic mass is 79.9. The van der Waals surface area contributed by atoms with Crippen LogP contribution in [0.4, 0.5) is 0 Å². The van der Waals surface area contributed by atoms with Gasteiger partial charge in [-0.05, 0) is 30.5 Å². The number of halogens is 2. The number of imide groups is 1. The van der Waals surface area contributed by atoms with Gasteiger partial charge in [-0.25, -0.2) is 0 Å². The van der Waals surface area contributed by atoms with Crippen LogP contribution in [0.3, 0.4) is 0 Å². The van der Waals surface area contributed by atoms with Crippen molar-refractivity contribution in [3.05, 3.63) is 33.3 Å². The van der Waals surface area contributed by atoms with Gasteiger partial charge in [0.15, 0.2) is 0 Å². The van der Waals surface area contributed by atoms with Crippen LogP contribution in [0.5, 0.6) is 0 Å². The quantitative estimate of drug-likeness (QED) is 0.778. The van der Waals surface area contributed by atoms with Crippen molar-refractivity contribution < 1.29 is 9.59 Å². The topological polar surface area (TPSA) is 37.4 Å². The molecule has 1 heterocycles. The molecule has 0 saturated carbocycles. The summed E-state index contributed by atoms with van der Waals surface area (Å²) < 4.78 is 0.879. The molecule has 0 spiro atoms. The van der Waals surface area contributed by atoms with E-state index in [1.54, 1.807) is 6.07 Å².